The van der Waals surface area contributed by atoms with E-state index in [0.29, 0.717) is 19.6 Å². The lowest BCUT2D eigenvalue weighted by Crippen LogP contribution is -2.32. The Hall–Kier alpha value is -1.39. The Morgan fingerprint density at radius 2 is 2.18 bits per heavy atom. The number of benzene rings is 1. The van der Waals surface area contributed by atoms with Crippen molar-refractivity contribution in [2.45, 2.75) is 25.2 Å². The average Bonchev–Trinajstić information content (AvgIpc) is 2.86. The highest BCUT2D eigenvalue weighted by atomic mass is 16.5. The number of nitrogens with one attached hydrogen (secondary N) is 1. The molecule has 1 heterocycles. The van der Waals surface area contributed by atoms with Crippen LogP contribution in [0.15, 0.2) is 30.3 Å². The highest BCUT2D eigenvalue weighted by molar-refractivity contribution is 5.76. The Kier molecular flexibility index (Phi) is 4.12. The van der Waals surface area contributed by atoms with E-state index in [4.69, 9.17) is 9.47 Å². The Morgan fingerprint density at radius 3 is 2.82 bits per heavy atom. The van der Waals surface area contributed by atoms with Gasteiger partial charge >= 0.3 is 5.97 Å². The van der Waals surface area contributed by atoms with E-state index in [1.54, 1.807) is 7.11 Å². The average molecular weight is 235 g/mol. The fraction of sp³-hybridized carbons (Fsp3) is 0.462. The van der Waals surface area contributed by atoms with Crippen LogP contribution in [0.3, 0.4) is 0 Å². The van der Waals surface area contributed by atoms with Crippen molar-refractivity contribution in [3.8, 4) is 0 Å². The fourth-order valence-electron chi connectivity index (χ4n) is 1.89. The van der Waals surface area contributed by atoms with Crippen LogP contribution in [0.5, 0.6) is 0 Å². The van der Waals surface area contributed by atoms with Gasteiger partial charge in [-0.3, -0.25) is 4.79 Å². The second kappa shape index (κ2) is 5.80. The van der Waals surface area contributed by atoms with E-state index in [0.717, 1.165) is 5.56 Å². The van der Waals surface area contributed by atoms with Gasteiger partial charge in [-0.05, 0) is 5.56 Å². The maximum atomic E-state index is 11.7. The summed E-state index contributed by atoms with van der Waals surface area (Å²) < 4.78 is 10.4. The number of carbonyl (C=O) groups is 1. The van der Waals surface area contributed by atoms with Gasteiger partial charge in [-0.25, -0.2) is 0 Å². The first kappa shape index (κ1) is 12.1. The minimum absolute atomic E-state index is 0.115. The predicted octanol–water partition coefficient (Wildman–Crippen LogP) is 1.11. The molecule has 1 fully saturated rings. The van der Waals surface area contributed by atoms with Gasteiger partial charge in [-0.1, -0.05) is 30.3 Å². The fourth-order valence-corrected chi connectivity index (χ4v) is 1.89. The van der Waals surface area contributed by atoms with Crippen LogP contribution < -0.4 is 5.32 Å². The summed E-state index contributed by atoms with van der Waals surface area (Å²) in [5, 5.41) is 3.09. The van der Waals surface area contributed by atoms with Crippen molar-refractivity contribution in [1.82, 2.24) is 5.32 Å². The Balaban J connectivity index is 1.78. The Morgan fingerprint density at radius 1 is 1.41 bits per heavy atom. The molecule has 0 radical (unpaired) electrons. The standard InChI is InChI=1S/C13H17NO3/c1-16-11-7-12(14-8-11)13(15)17-9-10-5-3-2-4-6-10/h2-6,11-12,14H,7-9H2,1H3/t11-,12?/m0/s1. The van der Waals surface area contributed by atoms with Gasteiger partial charge in [0, 0.05) is 20.1 Å². The number of carbonyl (C=O) groups excluding carboxylic acids is 1. The number of hydrogen-bond acceptors (Lipinski definition) is 4. The van der Waals surface area contributed by atoms with Gasteiger partial charge in [0.2, 0.25) is 0 Å². The topological polar surface area (TPSA) is 47.6 Å². The zero-order valence-electron chi connectivity index (χ0n) is 9.89. The zero-order valence-corrected chi connectivity index (χ0v) is 9.89. The van der Waals surface area contributed by atoms with Crippen LogP contribution in [0.2, 0.25) is 0 Å². The van der Waals surface area contributed by atoms with E-state index >= 15 is 0 Å². The normalized spacial score (nSPS) is 23.6. The first-order valence-electron chi connectivity index (χ1n) is 5.76. The van der Waals surface area contributed by atoms with E-state index in [9.17, 15) is 4.79 Å². The maximum absolute atomic E-state index is 11.7. The smallest absolute Gasteiger partial charge is 0.323 e. The van der Waals surface area contributed by atoms with E-state index in [1.807, 2.05) is 30.3 Å². The molecule has 1 aliphatic heterocycles. The molecule has 0 amide bonds. The van der Waals surface area contributed by atoms with Gasteiger partial charge in [0.1, 0.15) is 12.6 Å². The summed E-state index contributed by atoms with van der Waals surface area (Å²) in [5.41, 5.74) is 1.00. The predicted molar refractivity (Wildman–Crippen MR) is 63.4 cm³/mol. The molecule has 92 valence electrons. The third-order valence-electron chi connectivity index (χ3n) is 2.93. The number of hydrogen-bond donors (Lipinski definition) is 1. The molecule has 1 aliphatic rings. The molecule has 1 N–H and O–H groups in total. The van der Waals surface area contributed by atoms with Gasteiger partial charge in [-0.15, -0.1) is 0 Å². The Labute approximate surface area is 101 Å². The van der Waals surface area contributed by atoms with Gasteiger partial charge in [-0.2, -0.15) is 0 Å². The highest BCUT2D eigenvalue weighted by Crippen LogP contribution is 2.11. The highest BCUT2D eigenvalue weighted by Gasteiger charge is 2.30. The van der Waals surface area contributed by atoms with Crippen molar-refractivity contribution in [3.05, 3.63) is 35.9 Å². The summed E-state index contributed by atoms with van der Waals surface area (Å²) in [6.07, 6.45) is 0.800. The van der Waals surface area contributed by atoms with Gasteiger partial charge < -0.3 is 14.8 Å². The molecule has 2 rings (SSSR count). The first-order valence-corrected chi connectivity index (χ1v) is 5.76. The Bertz CT molecular complexity index is 366. The van der Waals surface area contributed by atoms with Crippen molar-refractivity contribution >= 4 is 5.97 Å². The van der Waals surface area contributed by atoms with Crippen LogP contribution in [0.1, 0.15) is 12.0 Å². The van der Waals surface area contributed by atoms with Crippen LogP contribution >= 0.6 is 0 Å². The molecule has 0 aliphatic carbocycles. The van der Waals surface area contributed by atoms with Crippen molar-refractivity contribution in [3.63, 3.8) is 0 Å². The molecule has 4 nitrogen and oxygen atoms in total. The van der Waals surface area contributed by atoms with E-state index in [1.165, 1.54) is 0 Å². The van der Waals surface area contributed by atoms with E-state index in [2.05, 4.69) is 5.32 Å². The van der Waals surface area contributed by atoms with Crippen molar-refractivity contribution in [2.24, 2.45) is 0 Å². The largest absolute Gasteiger partial charge is 0.460 e. The number of ether oxygens (including phenoxy) is 2. The molecule has 4 heteroatoms. The lowest BCUT2D eigenvalue weighted by Gasteiger charge is -2.10. The van der Waals surface area contributed by atoms with Crippen LogP contribution in [0.4, 0.5) is 0 Å². The third-order valence-corrected chi connectivity index (χ3v) is 2.93. The van der Waals surface area contributed by atoms with Crippen LogP contribution in [0.25, 0.3) is 0 Å². The molecule has 1 aromatic rings. The van der Waals surface area contributed by atoms with Crippen LogP contribution in [0, 0.1) is 0 Å². The van der Waals surface area contributed by atoms with Gasteiger partial charge in [0.15, 0.2) is 0 Å². The summed E-state index contributed by atoms with van der Waals surface area (Å²) in [6.45, 7) is 1.04. The molecule has 17 heavy (non-hydrogen) atoms. The molecular formula is C13H17NO3. The molecule has 0 bridgehead atoms. The quantitative estimate of drug-likeness (QED) is 0.794. The van der Waals surface area contributed by atoms with Crippen molar-refractivity contribution < 1.29 is 14.3 Å². The van der Waals surface area contributed by atoms with E-state index in [-0.39, 0.29) is 18.1 Å². The first-order chi connectivity index (χ1) is 8.29. The minimum atomic E-state index is -0.233. The molecule has 1 saturated heterocycles. The zero-order chi connectivity index (χ0) is 12.1. The molecule has 2 atom stereocenters. The molecule has 1 aromatic carbocycles. The number of methoxy groups -OCH3 is 1. The molecule has 0 spiro atoms. The molecule has 1 unspecified atom stereocenters. The summed E-state index contributed by atoms with van der Waals surface area (Å²) in [6, 6.07) is 9.44. The lowest BCUT2D eigenvalue weighted by atomic mass is 10.2. The maximum Gasteiger partial charge on any atom is 0.323 e. The number of esters is 1. The molecule has 0 aromatic heterocycles. The summed E-state index contributed by atoms with van der Waals surface area (Å²) in [5.74, 6) is -0.201. The SMILES string of the molecule is CO[C@@H]1CNC(C(=O)OCc2ccccc2)C1. The third kappa shape index (κ3) is 3.28. The monoisotopic (exact) mass is 235 g/mol. The van der Waals surface area contributed by atoms with Crippen LogP contribution in [-0.4, -0.2) is 31.8 Å². The van der Waals surface area contributed by atoms with E-state index < -0.39 is 0 Å². The van der Waals surface area contributed by atoms with Gasteiger partial charge in [0.25, 0.3) is 0 Å². The summed E-state index contributed by atoms with van der Waals surface area (Å²) in [7, 11) is 1.66. The minimum Gasteiger partial charge on any atom is -0.460 e. The van der Waals surface area contributed by atoms with Crippen LogP contribution in [-0.2, 0) is 20.9 Å². The lowest BCUT2D eigenvalue weighted by molar-refractivity contribution is -0.147. The number of rotatable bonds is 4. The summed E-state index contributed by atoms with van der Waals surface area (Å²) in [4.78, 5) is 11.7. The van der Waals surface area contributed by atoms with Gasteiger partial charge in [0.05, 0.1) is 6.10 Å². The second-order valence-corrected chi connectivity index (χ2v) is 4.15. The molecule has 0 saturated carbocycles. The second-order valence-electron chi connectivity index (χ2n) is 4.15. The van der Waals surface area contributed by atoms with Crippen molar-refractivity contribution in [2.75, 3.05) is 13.7 Å². The van der Waals surface area contributed by atoms with Crippen molar-refractivity contribution in [1.29, 1.82) is 0 Å². The molecular weight excluding hydrogens is 218 g/mol. The summed E-state index contributed by atoms with van der Waals surface area (Å²) >= 11 is 0.